The van der Waals surface area contributed by atoms with Crippen molar-refractivity contribution in [2.45, 2.75) is 38.5 Å². The fraction of sp³-hybridized carbons (Fsp3) is 0.667. The van der Waals surface area contributed by atoms with Gasteiger partial charge in [0, 0.05) is 19.6 Å². The highest BCUT2D eigenvalue weighted by Crippen LogP contribution is 2.45. The van der Waals surface area contributed by atoms with E-state index in [0.717, 1.165) is 23.0 Å². The topological polar surface area (TPSA) is 58.4 Å². The average Bonchev–Trinajstić information content (AvgIpc) is 2.76. The van der Waals surface area contributed by atoms with Crippen LogP contribution in [0.5, 0.6) is 0 Å². The van der Waals surface area contributed by atoms with Gasteiger partial charge < -0.3 is 16.0 Å². The fourth-order valence-corrected chi connectivity index (χ4v) is 4.70. The van der Waals surface area contributed by atoms with Crippen LogP contribution in [0.15, 0.2) is 4.90 Å². The predicted octanol–water partition coefficient (Wildman–Crippen LogP) is 3.43. The second-order valence-corrected chi connectivity index (χ2v) is 8.01. The lowest BCUT2D eigenvalue weighted by Crippen LogP contribution is -2.37. The SMILES string of the molecule is CCNC(=O)c1sc(N2CCC(C)(C)CC2)c(SC)c1N. The second kappa shape index (κ2) is 6.48. The Kier molecular flexibility index (Phi) is 5.09. The molecular weight excluding hydrogens is 302 g/mol. The summed E-state index contributed by atoms with van der Waals surface area (Å²) in [7, 11) is 0. The minimum atomic E-state index is -0.0566. The van der Waals surface area contributed by atoms with Crippen molar-refractivity contribution >= 4 is 39.7 Å². The van der Waals surface area contributed by atoms with Crippen LogP contribution >= 0.6 is 23.1 Å². The van der Waals surface area contributed by atoms with Crippen LogP contribution in [0.4, 0.5) is 10.7 Å². The van der Waals surface area contributed by atoms with E-state index in [0.29, 0.717) is 22.5 Å². The Morgan fingerprint density at radius 3 is 2.57 bits per heavy atom. The first-order chi connectivity index (χ1) is 9.89. The number of hydrogen-bond acceptors (Lipinski definition) is 5. The Balaban J connectivity index is 2.27. The molecule has 0 aromatic carbocycles. The van der Waals surface area contributed by atoms with Crippen LogP contribution < -0.4 is 16.0 Å². The van der Waals surface area contributed by atoms with E-state index in [1.54, 1.807) is 11.8 Å². The van der Waals surface area contributed by atoms with Gasteiger partial charge in [-0.15, -0.1) is 23.1 Å². The van der Waals surface area contributed by atoms with Gasteiger partial charge in [0.05, 0.1) is 10.6 Å². The molecule has 2 heterocycles. The molecule has 1 amide bonds. The summed E-state index contributed by atoms with van der Waals surface area (Å²) in [5, 5.41) is 4.01. The number of hydrogen-bond donors (Lipinski definition) is 2. The van der Waals surface area contributed by atoms with Crippen molar-refractivity contribution in [1.29, 1.82) is 0 Å². The van der Waals surface area contributed by atoms with E-state index >= 15 is 0 Å². The van der Waals surface area contributed by atoms with Crippen LogP contribution in [0.3, 0.4) is 0 Å². The van der Waals surface area contributed by atoms with Crippen molar-refractivity contribution in [1.82, 2.24) is 5.32 Å². The Hall–Kier alpha value is -0.880. The third kappa shape index (κ3) is 3.48. The van der Waals surface area contributed by atoms with Crippen molar-refractivity contribution in [3.05, 3.63) is 4.88 Å². The van der Waals surface area contributed by atoms with E-state index in [-0.39, 0.29) is 5.91 Å². The number of piperidine rings is 1. The van der Waals surface area contributed by atoms with Crippen molar-refractivity contribution in [3.63, 3.8) is 0 Å². The highest BCUT2D eigenvalue weighted by molar-refractivity contribution is 7.99. The molecule has 6 heteroatoms. The average molecular weight is 328 g/mol. The van der Waals surface area contributed by atoms with E-state index in [9.17, 15) is 4.79 Å². The zero-order valence-corrected chi connectivity index (χ0v) is 14.9. The number of carbonyl (C=O) groups is 1. The summed E-state index contributed by atoms with van der Waals surface area (Å²) in [6.45, 7) is 9.26. The van der Waals surface area contributed by atoms with E-state index in [1.807, 2.05) is 13.2 Å². The van der Waals surface area contributed by atoms with Gasteiger partial charge in [0.25, 0.3) is 5.91 Å². The summed E-state index contributed by atoms with van der Waals surface area (Å²) in [5.41, 5.74) is 7.26. The second-order valence-electron chi connectivity index (χ2n) is 6.19. The summed E-state index contributed by atoms with van der Waals surface area (Å²) in [5.74, 6) is -0.0566. The lowest BCUT2D eigenvalue weighted by atomic mass is 9.83. The van der Waals surface area contributed by atoms with Crippen molar-refractivity contribution < 1.29 is 4.79 Å². The van der Waals surface area contributed by atoms with Crippen molar-refractivity contribution in [2.75, 3.05) is 36.5 Å². The molecule has 0 atom stereocenters. The maximum Gasteiger partial charge on any atom is 0.263 e. The van der Waals surface area contributed by atoms with Gasteiger partial charge in [-0.2, -0.15) is 0 Å². The van der Waals surface area contributed by atoms with E-state index in [1.165, 1.54) is 24.2 Å². The van der Waals surface area contributed by atoms with Gasteiger partial charge in [-0.1, -0.05) is 13.8 Å². The number of rotatable bonds is 4. The number of anilines is 2. The first-order valence-corrected chi connectivity index (χ1v) is 9.43. The lowest BCUT2D eigenvalue weighted by Gasteiger charge is -2.37. The Labute approximate surface area is 135 Å². The molecule has 21 heavy (non-hydrogen) atoms. The number of nitrogen functional groups attached to an aromatic ring is 1. The van der Waals surface area contributed by atoms with Gasteiger partial charge in [0.15, 0.2) is 0 Å². The standard InChI is InChI=1S/C15H25N3OS2/c1-5-17-13(19)11-10(16)12(20-4)14(21-11)18-8-6-15(2,3)7-9-18/h5-9,16H2,1-4H3,(H,17,19). The molecule has 0 bridgehead atoms. The zero-order valence-electron chi connectivity index (χ0n) is 13.3. The number of nitrogens with zero attached hydrogens (tertiary/aromatic N) is 1. The molecule has 1 aliphatic rings. The third-order valence-corrected chi connectivity index (χ3v) is 6.25. The number of nitrogens with two attached hydrogens (primary N) is 1. The first kappa shape index (κ1) is 16.5. The van der Waals surface area contributed by atoms with Gasteiger partial charge in [-0.3, -0.25) is 4.79 Å². The number of nitrogens with one attached hydrogen (secondary N) is 1. The molecule has 3 N–H and O–H groups in total. The Morgan fingerprint density at radius 1 is 1.43 bits per heavy atom. The molecule has 0 radical (unpaired) electrons. The minimum Gasteiger partial charge on any atom is -0.396 e. The molecule has 0 spiro atoms. The number of thioether (sulfide) groups is 1. The molecular formula is C15H25N3OS2. The fourth-order valence-electron chi connectivity index (χ4n) is 2.55. The van der Waals surface area contributed by atoms with Gasteiger partial charge in [0.2, 0.25) is 0 Å². The molecule has 1 aliphatic heterocycles. The molecule has 1 fully saturated rings. The van der Waals surface area contributed by atoms with Crippen LogP contribution in [0.25, 0.3) is 0 Å². The molecule has 0 unspecified atom stereocenters. The molecule has 0 aliphatic carbocycles. The number of thiophene rings is 1. The summed E-state index contributed by atoms with van der Waals surface area (Å²) in [6, 6.07) is 0. The summed E-state index contributed by atoms with van der Waals surface area (Å²) < 4.78 is 0. The predicted molar refractivity (Wildman–Crippen MR) is 93.7 cm³/mol. The summed E-state index contributed by atoms with van der Waals surface area (Å²) in [4.78, 5) is 16.2. The molecule has 118 valence electrons. The minimum absolute atomic E-state index is 0.0566. The van der Waals surface area contributed by atoms with Crippen LogP contribution in [-0.4, -0.2) is 31.8 Å². The van der Waals surface area contributed by atoms with Crippen LogP contribution in [0.2, 0.25) is 0 Å². The van der Waals surface area contributed by atoms with Crippen LogP contribution in [-0.2, 0) is 0 Å². The Bertz CT molecular complexity index is 515. The maximum absolute atomic E-state index is 12.1. The van der Waals surface area contributed by atoms with Crippen molar-refractivity contribution in [2.24, 2.45) is 5.41 Å². The van der Waals surface area contributed by atoms with Gasteiger partial charge in [-0.25, -0.2) is 0 Å². The first-order valence-electron chi connectivity index (χ1n) is 7.39. The normalized spacial score (nSPS) is 17.8. The third-order valence-electron chi connectivity index (χ3n) is 4.03. The summed E-state index contributed by atoms with van der Waals surface area (Å²) >= 11 is 3.17. The monoisotopic (exact) mass is 327 g/mol. The molecule has 2 rings (SSSR count). The number of amides is 1. The van der Waals surface area contributed by atoms with Crippen LogP contribution in [0.1, 0.15) is 43.3 Å². The van der Waals surface area contributed by atoms with E-state index < -0.39 is 0 Å². The van der Waals surface area contributed by atoms with Gasteiger partial charge >= 0.3 is 0 Å². The molecule has 1 aromatic heterocycles. The van der Waals surface area contributed by atoms with Crippen molar-refractivity contribution in [3.8, 4) is 0 Å². The molecule has 0 saturated carbocycles. The van der Waals surface area contributed by atoms with Gasteiger partial charge in [-0.05, 0) is 31.4 Å². The van der Waals surface area contributed by atoms with Gasteiger partial charge in [0.1, 0.15) is 9.88 Å². The molecule has 4 nitrogen and oxygen atoms in total. The molecule has 1 aromatic rings. The quantitative estimate of drug-likeness (QED) is 0.832. The zero-order chi connectivity index (χ0) is 15.6. The molecule has 1 saturated heterocycles. The highest BCUT2D eigenvalue weighted by Gasteiger charge is 2.29. The van der Waals surface area contributed by atoms with E-state index in [2.05, 4.69) is 24.1 Å². The largest absolute Gasteiger partial charge is 0.396 e. The number of carbonyl (C=O) groups excluding carboxylic acids is 1. The summed E-state index contributed by atoms with van der Waals surface area (Å²) in [6.07, 6.45) is 4.38. The maximum atomic E-state index is 12.1. The highest BCUT2D eigenvalue weighted by atomic mass is 32.2. The Morgan fingerprint density at radius 2 is 2.05 bits per heavy atom. The smallest absolute Gasteiger partial charge is 0.263 e. The lowest BCUT2D eigenvalue weighted by molar-refractivity contribution is 0.0960. The van der Waals surface area contributed by atoms with Crippen LogP contribution in [0, 0.1) is 5.41 Å². The van der Waals surface area contributed by atoms with E-state index in [4.69, 9.17) is 5.73 Å².